The Morgan fingerprint density at radius 2 is 1.78 bits per heavy atom. The molecule has 1 aliphatic carbocycles. The molecule has 1 amide bonds. The van der Waals surface area contributed by atoms with Crippen LogP contribution in [0.1, 0.15) is 52.6 Å². The second-order valence-electron chi connectivity index (χ2n) is 8.59. The van der Waals surface area contributed by atoms with Crippen molar-refractivity contribution in [3.8, 4) is 11.4 Å². The Bertz CT molecular complexity index is 1090. The normalized spacial score (nSPS) is 16.7. The molecule has 0 radical (unpaired) electrons. The summed E-state index contributed by atoms with van der Waals surface area (Å²) in [6.07, 6.45) is 5.32. The van der Waals surface area contributed by atoms with E-state index in [-0.39, 0.29) is 11.9 Å². The summed E-state index contributed by atoms with van der Waals surface area (Å²) in [6.45, 7) is 2.61. The number of rotatable bonds is 7. The third kappa shape index (κ3) is 3.91. The number of benzene rings is 2. The molecular weight excluding hydrogens is 400 g/mol. The van der Waals surface area contributed by atoms with E-state index in [1.807, 2.05) is 53.2 Å². The second kappa shape index (κ2) is 9.17. The number of amides is 1. The minimum atomic E-state index is -0.0862. The van der Waals surface area contributed by atoms with E-state index in [0.717, 1.165) is 54.9 Å². The highest BCUT2D eigenvalue weighted by Crippen LogP contribution is 2.32. The van der Waals surface area contributed by atoms with Crippen molar-refractivity contribution in [3.05, 3.63) is 77.1 Å². The monoisotopic (exact) mass is 430 g/mol. The molecule has 6 heteroatoms. The SMILES string of the molecule is COc1ccccc1C(CNC(=O)c1nn(-c2ccccc2)c2c1CCC2)N1CCCC1. The van der Waals surface area contributed by atoms with Gasteiger partial charge in [-0.05, 0) is 63.4 Å². The predicted octanol–water partition coefficient (Wildman–Crippen LogP) is 3.94. The third-order valence-electron chi connectivity index (χ3n) is 6.68. The van der Waals surface area contributed by atoms with Gasteiger partial charge in [0.05, 0.1) is 18.8 Å². The van der Waals surface area contributed by atoms with Crippen LogP contribution in [0.4, 0.5) is 0 Å². The largest absolute Gasteiger partial charge is 0.496 e. The number of methoxy groups -OCH3 is 1. The molecule has 1 atom stereocenters. The highest BCUT2D eigenvalue weighted by Gasteiger charge is 2.29. The van der Waals surface area contributed by atoms with Crippen LogP contribution in [0.5, 0.6) is 5.75 Å². The number of hydrogen-bond acceptors (Lipinski definition) is 4. The summed E-state index contributed by atoms with van der Waals surface area (Å²) in [4.78, 5) is 15.8. The van der Waals surface area contributed by atoms with Gasteiger partial charge in [-0.15, -0.1) is 0 Å². The second-order valence-corrected chi connectivity index (χ2v) is 8.59. The average molecular weight is 431 g/mol. The van der Waals surface area contributed by atoms with Crippen LogP contribution in [-0.4, -0.2) is 47.3 Å². The van der Waals surface area contributed by atoms with E-state index in [0.29, 0.717) is 12.2 Å². The molecule has 166 valence electrons. The topological polar surface area (TPSA) is 59.4 Å². The molecular formula is C26H30N4O2. The van der Waals surface area contributed by atoms with E-state index in [1.165, 1.54) is 18.5 Å². The number of nitrogens with zero attached hydrogens (tertiary/aromatic N) is 3. The third-order valence-corrected chi connectivity index (χ3v) is 6.68. The van der Waals surface area contributed by atoms with Gasteiger partial charge in [-0.2, -0.15) is 5.10 Å². The van der Waals surface area contributed by atoms with Crippen molar-refractivity contribution in [2.75, 3.05) is 26.7 Å². The van der Waals surface area contributed by atoms with Crippen molar-refractivity contribution in [2.24, 2.45) is 0 Å². The summed E-state index contributed by atoms with van der Waals surface area (Å²) < 4.78 is 7.59. The van der Waals surface area contributed by atoms with Gasteiger partial charge in [0.25, 0.3) is 5.91 Å². The summed E-state index contributed by atoms with van der Waals surface area (Å²) in [5.74, 6) is 0.782. The van der Waals surface area contributed by atoms with Crippen LogP contribution in [-0.2, 0) is 12.8 Å². The van der Waals surface area contributed by atoms with Crippen LogP contribution in [0.15, 0.2) is 54.6 Å². The Kier molecular flexibility index (Phi) is 5.95. The van der Waals surface area contributed by atoms with Crippen LogP contribution in [0.25, 0.3) is 5.69 Å². The first-order valence-electron chi connectivity index (χ1n) is 11.6. The van der Waals surface area contributed by atoms with Gasteiger partial charge in [0.2, 0.25) is 0 Å². The first-order valence-corrected chi connectivity index (χ1v) is 11.6. The van der Waals surface area contributed by atoms with Gasteiger partial charge in [0.15, 0.2) is 5.69 Å². The number of ether oxygens (including phenoxy) is 1. The van der Waals surface area contributed by atoms with E-state index in [1.54, 1.807) is 7.11 Å². The lowest BCUT2D eigenvalue weighted by Gasteiger charge is -2.29. The van der Waals surface area contributed by atoms with E-state index in [4.69, 9.17) is 9.84 Å². The molecule has 1 unspecified atom stereocenters. The van der Waals surface area contributed by atoms with Gasteiger partial charge in [-0.25, -0.2) is 4.68 Å². The molecule has 1 saturated heterocycles. The summed E-state index contributed by atoms with van der Waals surface area (Å²) in [6, 6.07) is 18.3. The number of nitrogens with one attached hydrogen (secondary N) is 1. The molecule has 1 fully saturated rings. The van der Waals surface area contributed by atoms with Crippen molar-refractivity contribution < 1.29 is 9.53 Å². The number of carbonyl (C=O) groups is 1. The van der Waals surface area contributed by atoms with Crippen molar-refractivity contribution in [1.82, 2.24) is 20.0 Å². The summed E-state index contributed by atoms with van der Waals surface area (Å²) in [7, 11) is 1.71. The van der Waals surface area contributed by atoms with Crippen LogP contribution < -0.4 is 10.1 Å². The lowest BCUT2D eigenvalue weighted by molar-refractivity contribution is 0.0931. The van der Waals surface area contributed by atoms with Gasteiger partial charge < -0.3 is 10.1 Å². The van der Waals surface area contributed by atoms with Gasteiger partial charge in [-0.1, -0.05) is 36.4 Å². The number of carbonyl (C=O) groups excluding carboxylic acids is 1. The van der Waals surface area contributed by atoms with Crippen molar-refractivity contribution >= 4 is 5.91 Å². The first kappa shape index (κ1) is 20.8. The highest BCUT2D eigenvalue weighted by molar-refractivity contribution is 5.94. The van der Waals surface area contributed by atoms with Crippen molar-refractivity contribution in [3.63, 3.8) is 0 Å². The Hall–Kier alpha value is -3.12. The number of para-hydroxylation sites is 2. The highest BCUT2D eigenvalue weighted by atomic mass is 16.5. The fourth-order valence-electron chi connectivity index (χ4n) is 5.11. The van der Waals surface area contributed by atoms with Crippen molar-refractivity contribution in [1.29, 1.82) is 0 Å². The summed E-state index contributed by atoms with van der Waals surface area (Å²) in [5.41, 5.74) is 4.97. The van der Waals surface area contributed by atoms with E-state index in [2.05, 4.69) is 16.3 Å². The van der Waals surface area contributed by atoms with Crippen molar-refractivity contribution in [2.45, 2.75) is 38.1 Å². The van der Waals surface area contributed by atoms with E-state index < -0.39 is 0 Å². The predicted molar refractivity (Wildman–Crippen MR) is 124 cm³/mol. The van der Waals surface area contributed by atoms with Crippen LogP contribution >= 0.6 is 0 Å². The zero-order valence-corrected chi connectivity index (χ0v) is 18.6. The molecule has 0 bridgehead atoms. The summed E-state index contributed by atoms with van der Waals surface area (Å²) >= 11 is 0. The molecule has 5 rings (SSSR count). The first-order chi connectivity index (χ1) is 15.8. The quantitative estimate of drug-likeness (QED) is 0.617. The maximum Gasteiger partial charge on any atom is 0.272 e. The summed E-state index contributed by atoms with van der Waals surface area (Å²) in [5, 5.41) is 7.96. The molecule has 32 heavy (non-hydrogen) atoms. The Labute approximate surface area is 189 Å². The number of hydrogen-bond donors (Lipinski definition) is 1. The van der Waals surface area contributed by atoms with Gasteiger partial charge in [-0.3, -0.25) is 9.69 Å². The molecule has 1 aromatic heterocycles. The van der Waals surface area contributed by atoms with E-state index >= 15 is 0 Å². The minimum absolute atomic E-state index is 0.0851. The fourth-order valence-corrected chi connectivity index (χ4v) is 5.11. The Morgan fingerprint density at radius 1 is 1.03 bits per heavy atom. The molecule has 3 aromatic rings. The van der Waals surface area contributed by atoms with Gasteiger partial charge in [0, 0.05) is 23.4 Å². The zero-order valence-electron chi connectivity index (χ0n) is 18.6. The molecule has 2 aliphatic rings. The molecule has 1 N–H and O–H groups in total. The molecule has 0 spiro atoms. The zero-order chi connectivity index (χ0) is 21.9. The number of aromatic nitrogens is 2. The number of fused-ring (bicyclic) bond motifs is 1. The van der Waals surface area contributed by atoms with Crippen LogP contribution in [0.3, 0.4) is 0 Å². The Balaban J connectivity index is 1.40. The minimum Gasteiger partial charge on any atom is -0.496 e. The molecule has 1 aliphatic heterocycles. The van der Waals surface area contributed by atoms with Crippen LogP contribution in [0, 0.1) is 0 Å². The smallest absolute Gasteiger partial charge is 0.272 e. The fraction of sp³-hybridized carbons (Fsp3) is 0.385. The average Bonchev–Trinajstić information content (AvgIpc) is 3.58. The Morgan fingerprint density at radius 3 is 2.56 bits per heavy atom. The van der Waals surface area contributed by atoms with Gasteiger partial charge in [0.1, 0.15) is 5.75 Å². The standard InChI is InChI=1S/C26H30N4O2/c1-32-24-15-6-5-12-20(24)23(29-16-7-8-17-29)18-27-26(31)25-21-13-9-14-22(21)30(28-25)19-10-3-2-4-11-19/h2-6,10-12,15,23H,7-9,13-14,16-18H2,1H3,(H,27,31). The lowest BCUT2D eigenvalue weighted by Crippen LogP contribution is -2.37. The van der Waals surface area contributed by atoms with Crippen LogP contribution in [0.2, 0.25) is 0 Å². The lowest BCUT2D eigenvalue weighted by atomic mass is 10.0. The molecule has 0 saturated carbocycles. The number of likely N-dealkylation sites (tertiary alicyclic amines) is 1. The van der Waals surface area contributed by atoms with E-state index in [9.17, 15) is 4.79 Å². The maximum absolute atomic E-state index is 13.3. The molecule has 2 heterocycles. The maximum atomic E-state index is 13.3. The molecule has 6 nitrogen and oxygen atoms in total. The molecule has 2 aromatic carbocycles. The van der Waals surface area contributed by atoms with Gasteiger partial charge >= 0.3 is 0 Å².